The highest BCUT2D eigenvalue weighted by Gasteiger charge is 2.13. The number of carbonyl (C=O) groups is 1. The summed E-state index contributed by atoms with van der Waals surface area (Å²) in [4.78, 5) is 25.2. The summed E-state index contributed by atoms with van der Waals surface area (Å²) in [6, 6.07) is 12.9. The van der Waals surface area contributed by atoms with Crippen molar-refractivity contribution in [1.82, 2.24) is 20.4 Å². The van der Waals surface area contributed by atoms with Crippen LogP contribution in [0.5, 0.6) is 5.75 Å². The van der Waals surface area contributed by atoms with E-state index in [4.69, 9.17) is 10.5 Å². The number of hydrogen-bond donors (Lipinski definition) is 4. The number of methoxy groups -OCH3 is 1. The molecule has 0 saturated heterocycles. The van der Waals surface area contributed by atoms with Crippen LogP contribution in [0.15, 0.2) is 48.8 Å². The van der Waals surface area contributed by atoms with Crippen molar-refractivity contribution >= 4 is 49.9 Å². The monoisotopic (exact) mass is 421 g/mol. The van der Waals surface area contributed by atoms with E-state index in [1.165, 1.54) is 17.7 Å². The molecule has 2 aromatic carbocycles. The molecule has 0 aliphatic heterocycles. The second-order valence-corrected chi connectivity index (χ2v) is 7.39. The summed E-state index contributed by atoms with van der Waals surface area (Å²) in [5, 5.41) is 3.73. The van der Waals surface area contributed by atoms with Gasteiger partial charge in [-0.05, 0) is 36.8 Å². The van der Waals surface area contributed by atoms with Crippen LogP contribution < -0.4 is 26.6 Å². The first-order valence-corrected chi connectivity index (χ1v) is 9.81. The first-order valence-electron chi connectivity index (χ1n) is 8.99. The molecule has 10 heteroatoms. The molecule has 2 aromatic heterocycles. The Labute approximate surface area is 176 Å². The Kier molecular flexibility index (Phi) is 5.31. The van der Waals surface area contributed by atoms with E-state index in [0.717, 1.165) is 21.5 Å². The summed E-state index contributed by atoms with van der Waals surface area (Å²) in [7, 11) is 1.62. The highest BCUT2D eigenvalue weighted by molar-refractivity contribution is 7.22. The van der Waals surface area contributed by atoms with Gasteiger partial charge < -0.3 is 15.8 Å². The molecule has 30 heavy (non-hydrogen) atoms. The van der Waals surface area contributed by atoms with Crippen molar-refractivity contribution in [2.24, 2.45) is 0 Å². The SMILES string of the molecule is COc1ccc2nc(Nc3ncnc(NNC(=O)c4ccccc4C)c3N)sc2c1. The van der Waals surface area contributed by atoms with Crippen LogP contribution in [0.3, 0.4) is 0 Å². The Hall–Kier alpha value is -3.92. The second kappa shape index (κ2) is 8.21. The van der Waals surface area contributed by atoms with Crippen molar-refractivity contribution in [1.29, 1.82) is 0 Å². The molecule has 4 rings (SSSR count). The zero-order chi connectivity index (χ0) is 21.1. The maximum Gasteiger partial charge on any atom is 0.269 e. The fourth-order valence-electron chi connectivity index (χ4n) is 2.79. The van der Waals surface area contributed by atoms with Crippen LogP contribution in [0, 0.1) is 6.92 Å². The van der Waals surface area contributed by atoms with Gasteiger partial charge in [-0.15, -0.1) is 0 Å². The van der Waals surface area contributed by atoms with Crippen LogP contribution in [-0.4, -0.2) is 28.0 Å². The minimum atomic E-state index is -0.291. The predicted molar refractivity (Wildman–Crippen MR) is 118 cm³/mol. The van der Waals surface area contributed by atoms with Crippen LogP contribution in [0.1, 0.15) is 15.9 Å². The molecule has 0 aliphatic rings. The largest absolute Gasteiger partial charge is 0.497 e. The fraction of sp³-hybridized carbons (Fsp3) is 0.100. The van der Waals surface area contributed by atoms with Gasteiger partial charge in [0, 0.05) is 5.56 Å². The first-order chi connectivity index (χ1) is 14.5. The van der Waals surface area contributed by atoms with Gasteiger partial charge in [0.05, 0.1) is 17.3 Å². The lowest BCUT2D eigenvalue weighted by Crippen LogP contribution is -2.30. The van der Waals surface area contributed by atoms with Crippen LogP contribution in [-0.2, 0) is 0 Å². The van der Waals surface area contributed by atoms with Crippen molar-refractivity contribution in [3.8, 4) is 5.75 Å². The molecule has 2 heterocycles. The standard InChI is InChI=1S/C20H19N7O2S/c1-11-5-3-4-6-13(11)19(28)27-26-18-16(21)17(22-10-23-18)25-20-24-14-8-7-12(29-2)9-15(14)30-20/h3-10H,21H2,1-2H3,(H,27,28)(H2,22,23,24,25,26). The number of thiazole rings is 1. The summed E-state index contributed by atoms with van der Waals surface area (Å²) < 4.78 is 6.21. The number of benzene rings is 2. The van der Waals surface area contributed by atoms with Gasteiger partial charge in [0.15, 0.2) is 16.8 Å². The smallest absolute Gasteiger partial charge is 0.269 e. The Morgan fingerprint density at radius 2 is 1.93 bits per heavy atom. The van der Waals surface area contributed by atoms with Gasteiger partial charge in [-0.1, -0.05) is 29.5 Å². The van der Waals surface area contributed by atoms with Crippen molar-refractivity contribution in [2.45, 2.75) is 6.92 Å². The quantitative estimate of drug-likeness (QED) is 0.349. The third-order valence-corrected chi connectivity index (χ3v) is 5.32. The summed E-state index contributed by atoms with van der Waals surface area (Å²) in [5.41, 5.74) is 14.0. The molecular formula is C20H19N7O2S. The van der Waals surface area contributed by atoms with E-state index in [0.29, 0.717) is 16.5 Å². The van der Waals surface area contributed by atoms with Gasteiger partial charge in [-0.25, -0.2) is 15.0 Å². The summed E-state index contributed by atoms with van der Waals surface area (Å²) in [6.45, 7) is 1.86. The molecule has 0 aliphatic carbocycles. The number of anilines is 4. The molecule has 0 atom stereocenters. The lowest BCUT2D eigenvalue weighted by atomic mass is 10.1. The molecule has 0 unspecified atom stereocenters. The third kappa shape index (κ3) is 3.94. The lowest BCUT2D eigenvalue weighted by molar-refractivity contribution is 0.0962. The number of hydrogen-bond acceptors (Lipinski definition) is 9. The van der Waals surface area contributed by atoms with E-state index in [-0.39, 0.29) is 17.4 Å². The van der Waals surface area contributed by atoms with E-state index >= 15 is 0 Å². The van der Waals surface area contributed by atoms with Gasteiger partial charge in [-0.3, -0.25) is 15.6 Å². The Balaban J connectivity index is 1.50. The normalized spacial score (nSPS) is 10.6. The van der Waals surface area contributed by atoms with E-state index in [1.54, 1.807) is 19.2 Å². The van der Waals surface area contributed by atoms with Gasteiger partial charge in [0.25, 0.3) is 5.91 Å². The maximum absolute atomic E-state index is 12.4. The minimum absolute atomic E-state index is 0.249. The van der Waals surface area contributed by atoms with E-state index in [9.17, 15) is 4.79 Å². The Bertz CT molecular complexity index is 1220. The summed E-state index contributed by atoms with van der Waals surface area (Å²) in [6.07, 6.45) is 1.34. The number of aryl methyl sites for hydroxylation is 1. The molecule has 0 saturated carbocycles. The van der Waals surface area contributed by atoms with E-state index in [1.807, 2.05) is 37.3 Å². The number of carbonyl (C=O) groups excluding carboxylic acids is 1. The van der Waals surface area contributed by atoms with Crippen molar-refractivity contribution in [2.75, 3.05) is 23.6 Å². The number of nitrogens with one attached hydrogen (secondary N) is 3. The minimum Gasteiger partial charge on any atom is -0.497 e. The van der Waals surface area contributed by atoms with Crippen LogP contribution in [0.25, 0.3) is 10.2 Å². The van der Waals surface area contributed by atoms with Crippen LogP contribution in [0.2, 0.25) is 0 Å². The zero-order valence-corrected chi connectivity index (χ0v) is 17.1. The Morgan fingerprint density at radius 1 is 1.13 bits per heavy atom. The number of fused-ring (bicyclic) bond motifs is 1. The molecule has 5 N–H and O–H groups in total. The molecular weight excluding hydrogens is 402 g/mol. The predicted octanol–water partition coefficient (Wildman–Crippen LogP) is 3.49. The first kappa shape index (κ1) is 19.4. The van der Waals surface area contributed by atoms with Gasteiger partial charge in [0.1, 0.15) is 17.8 Å². The van der Waals surface area contributed by atoms with Crippen molar-refractivity contribution in [3.63, 3.8) is 0 Å². The number of nitrogens with zero attached hydrogens (tertiary/aromatic N) is 3. The molecule has 1 amide bonds. The lowest BCUT2D eigenvalue weighted by Gasteiger charge is -2.12. The van der Waals surface area contributed by atoms with Crippen molar-refractivity contribution in [3.05, 3.63) is 59.9 Å². The highest BCUT2D eigenvalue weighted by atomic mass is 32.1. The topological polar surface area (TPSA) is 127 Å². The summed E-state index contributed by atoms with van der Waals surface area (Å²) >= 11 is 1.44. The number of nitrogen functional groups attached to an aromatic ring is 1. The molecule has 0 bridgehead atoms. The number of rotatable bonds is 6. The zero-order valence-electron chi connectivity index (χ0n) is 16.3. The van der Waals surface area contributed by atoms with Crippen LogP contribution >= 0.6 is 11.3 Å². The maximum atomic E-state index is 12.4. The van der Waals surface area contributed by atoms with Crippen LogP contribution in [0.4, 0.5) is 22.5 Å². The van der Waals surface area contributed by atoms with Gasteiger partial charge in [-0.2, -0.15) is 0 Å². The average Bonchev–Trinajstić information content (AvgIpc) is 3.16. The molecule has 4 aromatic rings. The number of nitrogens with two attached hydrogens (primary N) is 1. The molecule has 0 spiro atoms. The molecule has 0 radical (unpaired) electrons. The van der Waals surface area contributed by atoms with Crippen molar-refractivity contribution < 1.29 is 9.53 Å². The number of aromatic nitrogens is 3. The highest BCUT2D eigenvalue weighted by Crippen LogP contribution is 2.32. The number of hydrazine groups is 1. The van der Waals surface area contributed by atoms with Gasteiger partial charge in [0.2, 0.25) is 0 Å². The molecule has 9 nitrogen and oxygen atoms in total. The van der Waals surface area contributed by atoms with Gasteiger partial charge >= 0.3 is 0 Å². The van der Waals surface area contributed by atoms with E-state index < -0.39 is 0 Å². The second-order valence-electron chi connectivity index (χ2n) is 6.36. The summed E-state index contributed by atoms with van der Waals surface area (Å²) in [5.74, 6) is 1.12. The third-order valence-electron chi connectivity index (χ3n) is 4.39. The molecule has 0 fully saturated rings. The van der Waals surface area contributed by atoms with E-state index in [2.05, 4.69) is 31.1 Å². The number of ether oxygens (including phenoxy) is 1. The number of amides is 1. The average molecular weight is 421 g/mol. The Morgan fingerprint density at radius 3 is 2.73 bits per heavy atom. The molecule has 152 valence electrons. The fourth-order valence-corrected chi connectivity index (χ4v) is 3.69.